The van der Waals surface area contributed by atoms with Gasteiger partial charge in [-0.1, -0.05) is 54.6 Å². The van der Waals surface area contributed by atoms with Gasteiger partial charge in [-0.15, -0.1) is 13.7 Å². The molecule has 0 saturated heterocycles. The average Bonchev–Trinajstić information content (AvgIpc) is 2.80. The summed E-state index contributed by atoms with van der Waals surface area (Å²) < 4.78 is 21.8. The summed E-state index contributed by atoms with van der Waals surface area (Å²) in [6, 6.07) is 26.2. The molecule has 0 aliphatic heterocycles. The summed E-state index contributed by atoms with van der Waals surface area (Å²) in [5.41, 5.74) is -0.722. The monoisotopic (exact) mass is 444 g/mol. The molecule has 164 valence electrons. The van der Waals surface area contributed by atoms with Gasteiger partial charge >= 0.3 is 9.05 Å². The van der Waals surface area contributed by atoms with E-state index in [1.54, 1.807) is 93.6 Å². The van der Waals surface area contributed by atoms with Gasteiger partial charge in [-0.05, 0) is 57.2 Å². The Balaban J connectivity index is 1.80. The molecule has 0 fully saturated rings. The van der Waals surface area contributed by atoms with Crippen LogP contribution in [0.4, 0.5) is 0 Å². The smallest absolute Gasteiger partial charge is 0.342 e. The van der Waals surface area contributed by atoms with Crippen LogP contribution in [0.2, 0.25) is 0 Å². The van der Waals surface area contributed by atoms with E-state index in [-0.39, 0.29) is 0 Å². The molecular weight excluding hydrogens is 420 g/mol. The number of hydrogen-bond donors (Lipinski definition) is 0. The fourth-order valence-electron chi connectivity index (χ4n) is 1.98. The second-order valence-corrected chi connectivity index (χ2v) is 8.88. The number of para-hydroxylation sites is 3. The molecule has 0 amide bonds. The summed E-state index contributed by atoms with van der Waals surface area (Å²) in [4.78, 5) is 21.5. The van der Waals surface area contributed by atoms with Crippen LogP contribution >= 0.6 is 0 Å². The molecule has 0 aliphatic rings. The second-order valence-electron chi connectivity index (χ2n) is 7.22. The summed E-state index contributed by atoms with van der Waals surface area (Å²) in [6.45, 7) is 5.33. The Kier molecular flexibility index (Phi) is 8.01. The van der Waals surface area contributed by atoms with Crippen LogP contribution < -0.4 is 14.7 Å². The Bertz CT molecular complexity index is 781. The van der Waals surface area contributed by atoms with Gasteiger partial charge in [0.25, 0.3) is 0 Å². The predicted octanol–water partition coefficient (Wildman–Crippen LogP) is 5.20. The van der Waals surface area contributed by atoms with Crippen molar-refractivity contribution in [1.29, 1.82) is 0 Å². The van der Waals surface area contributed by atoms with Crippen LogP contribution in [0.3, 0.4) is 0 Å². The molecule has 0 unspecified atom stereocenters. The lowest BCUT2D eigenvalue weighted by Gasteiger charge is -2.26. The highest BCUT2D eigenvalue weighted by Gasteiger charge is 2.58. The molecule has 0 radical (unpaired) electrons. The van der Waals surface area contributed by atoms with E-state index in [0.717, 1.165) is 0 Å². The largest absolute Gasteiger partial charge is 0.820 e. The van der Waals surface area contributed by atoms with Crippen LogP contribution in [0.5, 0.6) is 17.2 Å². The van der Waals surface area contributed by atoms with Gasteiger partial charge in [0.05, 0.1) is 5.60 Å². The first-order chi connectivity index (χ1) is 14.9. The molecule has 8 nitrogen and oxygen atoms in total. The predicted molar refractivity (Wildman–Crippen MR) is 112 cm³/mol. The SMILES string of the molecule is CC(C)(C)OO[Si](OOc1ccccc1)(OOc1ccccc1)OOc1ccccc1. The molecular formula is C22H24O8Si. The van der Waals surface area contributed by atoms with Crippen molar-refractivity contribution < 1.29 is 37.9 Å². The fourth-order valence-corrected chi connectivity index (χ4v) is 3.10. The van der Waals surface area contributed by atoms with Gasteiger partial charge in [0.1, 0.15) is 0 Å². The lowest BCUT2D eigenvalue weighted by molar-refractivity contribution is -0.398. The molecule has 0 N–H and O–H groups in total. The molecule has 0 heterocycles. The summed E-state index contributed by atoms with van der Waals surface area (Å²) in [5, 5.41) is 0. The van der Waals surface area contributed by atoms with Gasteiger partial charge in [-0.25, -0.2) is 4.89 Å². The van der Waals surface area contributed by atoms with Crippen LogP contribution in [-0.2, 0) is 23.2 Å². The normalized spacial score (nSPS) is 11.7. The second kappa shape index (κ2) is 10.9. The van der Waals surface area contributed by atoms with Crippen LogP contribution in [0.15, 0.2) is 91.0 Å². The van der Waals surface area contributed by atoms with Crippen LogP contribution in [0, 0.1) is 0 Å². The Labute approximate surface area is 182 Å². The molecule has 3 rings (SSSR count). The standard InChI is InChI=1S/C22H24O8Si/c1-22(2,3)26-30-31(27-23-19-13-7-4-8-14-19,28-24-20-15-9-5-10-16-20)29-25-21-17-11-6-12-18-21/h4-18H,1-3H3. The van der Waals surface area contributed by atoms with E-state index in [2.05, 4.69) is 0 Å². The van der Waals surface area contributed by atoms with Gasteiger partial charge in [-0.2, -0.15) is 4.58 Å². The Hall–Kier alpha value is -2.92. The van der Waals surface area contributed by atoms with E-state index in [1.165, 1.54) is 0 Å². The van der Waals surface area contributed by atoms with E-state index in [4.69, 9.17) is 37.9 Å². The third-order valence-corrected chi connectivity index (χ3v) is 4.49. The molecule has 3 aromatic carbocycles. The number of rotatable bonds is 11. The minimum atomic E-state index is -4.34. The lowest BCUT2D eigenvalue weighted by Crippen LogP contribution is -2.52. The Morgan fingerprint density at radius 3 is 1.10 bits per heavy atom. The minimum absolute atomic E-state index is 0.380. The number of benzene rings is 3. The fraction of sp³-hybridized carbons (Fsp3) is 0.182. The Morgan fingerprint density at radius 2 is 0.806 bits per heavy atom. The topological polar surface area (TPSA) is 73.8 Å². The van der Waals surface area contributed by atoms with E-state index in [1.807, 2.05) is 18.2 Å². The van der Waals surface area contributed by atoms with Gasteiger partial charge in [-0.3, -0.25) is 0 Å². The maximum absolute atomic E-state index is 5.46. The number of hydrogen-bond acceptors (Lipinski definition) is 8. The van der Waals surface area contributed by atoms with Crippen LogP contribution in [-0.4, -0.2) is 14.6 Å². The molecule has 0 bridgehead atoms. The molecule has 0 spiro atoms. The first kappa shape index (κ1) is 22.8. The van der Waals surface area contributed by atoms with Crippen molar-refractivity contribution >= 4 is 9.05 Å². The first-order valence-electron chi connectivity index (χ1n) is 9.53. The van der Waals surface area contributed by atoms with Crippen molar-refractivity contribution in [3.63, 3.8) is 0 Å². The zero-order valence-electron chi connectivity index (χ0n) is 17.4. The lowest BCUT2D eigenvalue weighted by atomic mass is 10.2. The summed E-state index contributed by atoms with van der Waals surface area (Å²) >= 11 is 0. The molecule has 3 aromatic rings. The summed E-state index contributed by atoms with van der Waals surface area (Å²) in [5.74, 6) is 1.14. The molecule has 0 aromatic heterocycles. The molecule has 0 aliphatic carbocycles. The minimum Gasteiger partial charge on any atom is -0.342 e. The third kappa shape index (κ3) is 8.02. The maximum Gasteiger partial charge on any atom is 0.820 e. The van der Waals surface area contributed by atoms with Crippen molar-refractivity contribution in [3.8, 4) is 17.2 Å². The highest BCUT2D eigenvalue weighted by molar-refractivity contribution is 6.52. The van der Waals surface area contributed by atoms with Gasteiger partial charge < -0.3 is 14.7 Å². The highest BCUT2D eigenvalue weighted by Crippen LogP contribution is 2.23. The van der Waals surface area contributed by atoms with Crippen LogP contribution in [0.25, 0.3) is 0 Å². The highest BCUT2D eigenvalue weighted by atomic mass is 28.4. The van der Waals surface area contributed by atoms with Crippen molar-refractivity contribution in [2.45, 2.75) is 26.4 Å². The average molecular weight is 445 g/mol. The van der Waals surface area contributed by atoms with E-state index < -0.39 is 14.6 Å². The molecule has 0 atom stereocenters. The molecule has 0 saturated carbocycles. The van der Waals surface area contributed by atoms with Gasteiger partial charge in [0, 0.05) is 0 Å². The third-order valence-electron chi connectivity index (χ3n) is 3.34. The quantitative estimate of drug-likeness (QED) is 0.227. The van der Waals surface area contributed by atoms with E-state index in [9.17, 15) is 0 Å². The van der Waals surface area contributed by atoms with E-state index >= 15 is 0 Å². The van der Waals surface area contributed by atoms with Crippen molar-refractivity contribution in [1.82, 2.24) is 0 Å². The molecule has 9 heteroatoms. The zero-order chi connectivity index (χ0) is 22.0. The van der Waals surface area contributed by atoms with Gasteiger partial charge in [0.2, 0.25) is 0 Å². The molecule has 31 heavy (non-hydrogen) atoms. The zero-order valence-corrected chi connectivity index (χ0v) is 18.4. The summed E-state index contributed by atoms with van der Waals surface area (Å²) in [7, 11) is -4.34. The van der Waals surface area contributed by atoms with Crippen LogP contribution in [0.1, 0.15) is 20.8 Å². The Morgan fingerprint density at radius 1 is 0.484 bits per heavy atom. The summed E-state index contributed by atoms with van der Waals surface area (Å²) in [6.07, 6.45) is 0. The first-order valence-corrected chi connectivity index (χ1v) is 11.2. The van der Waals surface area contributed by atoms with Crippen molar-refractivity contribution in [2.75, 3.05) is 0 Å². The van der Waals surface area contributed by atoms with Crippen molar-refractivity contribution in [2.24, 2.45) is 0 Å². The maximum atomic E-state index is 5.46. The van der Waals surface area contributed by atoms with Crippen molar-refractivity contribution in [3.05, 3.63) is 91.0 Å². The van der Waals surface area contributed by atoms with E-state index in [0.29, 0.717) is 17.2 Å². The van der Waals surface area contributed by atoms with Gasteiger partial charge in [0.15, 0.2) is 17.2 Å².